The summed E-state index contributed by atoms with van der Waals surface area (Å²) in [5.41, 5.74) is 15.2. The summed E-state index contributed by atoms with van der Waals surface area (Å²) in [6.45, 7) is 30.0. The van der Waals surface area contributed by atoms with E-state index < -0.39 is 21.6 Å². The molecule has 9 N–H and O–H groups in total. The number of hydrogen-bond acceptors (Lipinski definition) is 24. The Hall–Kier alpha value is -8.98. The summed E-state index contributed by atoms with van der Waals surface area (Å²) >= 11 is 3.15. The maximum atomic E-state index is 13.2. The summed E-state index contributed by atoms with van der Waals surface area (Å²) in [4.78, 5) is 58.4. The van der Waals surface area contributed by atoms with Crippen LogP contribution in [0.15, 0.2) is 114 Å². The Kier molecular flexibility index (Phi) is 50.1. The molecular formula is C88H135BrFN11O17. The zero-order valence-electron chi connectivity index (χ0n) is 71.1. The van der Waals surface area contributed by atoms with Crippen molar-refractivity contribution < 1.29 is 72.6 Å². The summed E-state index contributed by atoms with van der Waals surface area (Å²) in [7, 11) is 6.89. The normalized spacial score (nSPS) is 17.2. The molecule has 5 atom stereocenters. The number of carboxylic acid groups (broad SMARTS) is 1. The number of aliphatic hydroxyl groups excluding tert-OH is 3. The van der Waals surface area contributed by atoms with Gasteiger partial charge in [-0.15, -0.1) is 0 Å². The largest absolute Gasteiger partial charge is 0.494 e. The van der Waals surface area contributed by atoms with Crippen molar-refractivity contribution in [3.05, 3.63) is 168 Å². The molecule has 5 aliphatic rings. The number of methoxy groups -OCH3 is 4. The minimum Gasteiger partial charge on any atom is -0.494 e. The molecule has 30 heteroatoms. The van der Waals surface area contributed by atoms with Crippen molar-refractivity contribution in [2.24, 2.45) is 0 Å². The predicted octanol–water partition coefficient (Wildman–Crippen LogP) is 15.3. The number of aromatic carboxylic acids is 1. The average Bonchev–Trinajstić information content (AvgIpc) is 0.775. The van der Waals surface area contributed by atoms with Gasteiger partial charge in [-0.05, 0) is 245 Å². The van der Waals surface area contributed by atoms with Crippen LogP contribution in [0.2, 0.25) is 0 Å². The number of rotatable bonds is 28. The topological polar surface area (TPSA) is 361 Å². The van der Waals surface area contributed by atoms with Crippen LogP contribution in [0.3, 0.4) is 0 Å². The highest BCUT2D eigenvalue weighted by Gasteiger charge is 2.24. The minimum atomic E-state index is -0.980. The van der Waals surface area contributed by atoms with Crippen LogP contribution in [-0.4, -0.2) is 228 Å². The lowest BCUT2D eigenvalue weighted by Crippen LogP contribution is -2.28. The van der Waals surface area contributed by atoms with Gasteiger partial charge in [-0.25, -0.2) is 14.2 Å². The Morgan fingerprint density at radius 3 is 1.36 bits per heavy atom. The molecule has 28 nitrogen and oxygen atoms in total. The van der Waals surface area contributed by atoms with E-state index in [1.54, 1.807) is 49.1 Å². The number of aliphatic hydroxyl groups is 3. The van der Waals surface area contributed by atoms with Crippen LogP contribution in [0.4, 0.5) is 27.1 Å². The number of nitro groups is 2. The predicted molar refractivity (Wildman–Crippen MR) is 473 cm³/mol. The second-order valence-corrected chi connectivity index (χ2v) is 30.0. The van der Waals surface area contributed by atoms with Crippen molar-refractivity contribution in [2.75, 3.05) is 144 Å². The number of halogens is 2. The smallest absolute Gasteiger partial charge is 0.337 e. The molecule has 0 saturated carbocycles. The number of ether oxygens (including phenoxy) is 7. The Morgan fingerprint density at radius 2 is 0.966 bits per heavy atom. The fourth-order valence-electron chi connectivity index (χ4n) is 13.8. The molecular weight excluding hydrogens is 1580 g/mol. The lowest BCUT2D eigenvalue weighted by Gasteiger charge is -2.20. The number of nitrogens with zero attached hydrogens (tertiary/aromatic N) is 8. The van der Waals surface area contributed by atoms with Crippen molar-refractivity contribution in [1.29, 1.82) is 0 Å². The molecule has 0 amide bonds. The highest BCUT2D eigenvalue weighted by Crippen LogP contribution is 2.33. The van der Waals surface area contributed by atoms with Crippen molar-refractivity contribution in [3.8, 4) is 45.9 Å². The van der Waals surface area contributed by atoms with Gasteiger partial charge in [0.2, 0.25) is 5.75 Å². The number of nitrogens with two attached hydrogens (primary N) is 2. The van der Waals surface area contributed by atoms with Crippen molar-refractivity contribution in [1.82, 2.24) is 34.5 Å². The van der Waals surface area contributed by atoms with Crippen LogP contribution < -0.4 is 55.5 Å². The second-order valence-electron chi connectivity index (χ2n) is 29.2. The Labute approximate surface area is 706 Å². The van der Waals surface area contributed by atoms with Crippen LogP contribution in [0, 0.1) is 46.8 Å². The molecule has 5 saturated heterocycles. The van der Waals surface area contributed by atoms with Gasteiger partial charge in [0.05, 0.1) is 85.9 Å². The number of carbonyl (C=O) groups is 1. The Morgan fingerprint density at radius 1 is 0.551 bits per heavy atom. The first-order chi connectivity index (χ1) is 56.2. The highest BCUT2D eigenvalue weighted by molar-refractivity contribution is 9.09. The molecule has 118 heavy (non-hydrogen) atoms. The van der Waals surface area contributed by atoms with E-state index in [1.165, 1.54) is 117 Å². The zero-order chi connectivity index (χ0) is 86.4. The number of anilines is 2. The van der Waals surface area contributed by atoms with Crippen LogP contribution in [-0.2, 0) is 0 Å². The van der Waals surface area contributed by atoms with Gasteiger partial charge >= 0.3 is 17.3 Å². The number of nitrogen functional groups attached to an aromatic ring is 2. The fourth-order valence-corrected chi connectivity index (χ4v) is 14.1. The van der Waals surface area contributed by atoms with Gasteiger partial charge in [-0.2, -0.15) is 0 Å². The monoisotopic (exact) mass is 1720 g/mol. The van der Waals surface area contributed by atoms with Crippen molar-refractivity contribution in [2.45, 2.75) is 189 Å². The van der Waals surface area contributed by atoms with E-state index in [4.69, 9.17) is 60.3 Å². The van der Waals surface area contributed by atoms with E-state index in [1.807, 2.05) is 75.4 Å². The quantitative estimate of drug-likeness (QED) is 0.00787. The lowest BCUT2D eigenvalue weighted by molar-refractivity contribution is -0.385. The van der Waals surface area contributed by atoms with E-state index in [0.717, 1.165) is 136 Å². The Bertz CT molecular complexity index is 4120. The number of aromatic nitrogens is 2. The first kappa shape index (κ1) is 103. The summed E-state index contributed by atoms with van der Waals surface area (Å²) in [6, 6.07) is 33.1. The number of carboxylic acids is 1. The van der Waals surface area contributed by atoms with E-state index >= 15 is 0 Å². The number of hydrogen-bond donors (Lipinski definition) is 7. The zero-order valence-corrected chi connectivity index (χ0v) is 72.7. The number of likely N-dealkylation sites (tertiary alicyclic amines) is 4. The molecule has 0 radical (unpaired) electrons. The first-order valence-corrected chi connectivity index (χ1v) is 41.7. The van der Waals surface area contributed by atoms with Gasteiger partial charge in [-0.1, -0.05) is 46.6 Å². The maximum absolute atomic E-state index is 13.2. The average molecular weight is 1720 g/mol. The number of benzene rings is 6. The van der Waals surface area contributed by atoms with E-state index in [0.29, 0.717) is 89.5 Å². The third kappa shape index (κ3) is 35.9. The van der Waals surface area contributed by atoms with Gasteiger partial charge in [-0.3, -0.25) is 29.6 Å². The molecule has 1 aromatic heterocycles. The van der Waals surface area contributed by atoms with E-state index in [2.05, 4.69) is 85.2 Å². The number of aryl methyl sites for hydroxylation is 3. The van der Waals surface area contributed by atoms with Gasteiger partial charge in [0, 0.05) is 124 Å². The molecule has 5 aliphatic heterocycles. The molecule has 6 heterocycles. The summed E-state index contributed by atoms with van der Waals surface area (Å²) in [5, 5.41) is 58.2. The van der Waals surface area contributed by atoms with Gasteiger partial charge < -0.3 is 90.0 Å². The lowest BCUT2D eigenvalue weighted by atomic mass is 10.1. The van der Waals surface area contributed by atoms with Gasteiger partial charge in [0.1, 0.15) is 40.4 Å². The van der Waals surface area contributed by atoms with Crippen LogP contribution in [0.5, 0.6) is 40.2 Å². The molecule has 0 spiro atoms. The molecule has 5 fully saturated rings. The van der Waals surface area contributed by atoms with Crippen LogP contribution in [0.1, 0.15) is 166 Å². The molecule has 12 rings (SSSR count). The summed E-state index contributed by atoms with van der Waals surface area (Å²) in [6.07, 6.45) is 18.0. The molecule has 0 unspecified atom stereocenters. The van der Waals surface area contributed by atoms with E-state index in [-0.39, 0.29) is 41.4 Å². The SMILES string of the molecule is C.CO.COc1cc(F)ccc1[N+](=O)[O-].COc1cc(OCCCN2CCC[C@H]2C)ccc1-n1c(C)nc2ccc(C)cc2c1=O.COc1cc(OCCCN2CCC[C@H]2C)ccc1N.COc1cc(OCCCN2CCC[C@H]2C)ccc1[N+](=O)[O-].C[C@@H]1CCCN1.C[C@@H]1CCCN1CCCO.Cc1ccc(N)c(C(=O)O)c1.OCCCBr. The molecule has 658 valence electrons. The number of fused-ring (bicyclic) bond motifs is 1. The number of nitrogens with one attached hydrogen (secondary N) is 1. The fraction of sp³-hybridized carbons (Fsp3) is 0.557. The molecule has 6 aromatic carbocycles. The first-order valence-electron chi connectivity index (χ1n) is 40.5. The molecule has 7 aromatic rings. The number of nitro benzene ring substituents is 2. The standard InChI is InChI=1S/C25H31N3O3.C15H22N2O4.C15H24N2O2.C8H9NO2.C8H17NO.C7H6FNO3.C5H11N.C3H7BrO.CH4O.CH4/c1-17-8-10-22-21(15-17)25(29)28(19(3)26-22)23-11-9-20(16-24(23)30-4)31-14-6-13-27-12-5-7-18(27)2;1-12-5-3-8-16(12)9-4-10-21-13-6-7-14(17(18)19)15(11-13)20-2;1-12-5-3-8-17(12)9-4-10-19-13-6-7-14(16)15(11-13)18-2;1-5-2-3-7(9)6(4-5)8(10)11;1-8-4-2-5-9(8)6-3-7-10;1-12-7-4-5(8)2-3-6(7)9(10)11;1-5-3-2-4-6-5;4-2-1-3-5;1-2;/h8-11,15-16,18H,5-7,12-14H2,1-4H3;6-7,11-12H,3-5,8-10H2,1-2H3;6-7,11-12H,3-5,8-10,16H2,1-2H3;2-4H,9H2,1H3,(H,10,11);8,10H,2-7H2,1H3;2-4H,1H3;5-6H,2-4H2,1H3;5H,1-3H2;2H,1H3;1H4/t18-;2*12-;;8-;;5-;;;/m111.1.1.../s1. The minimum absolute atomic E-state index is 0. The Balaban J connectivity index is 0.000000368. The van der Waals surface area contributed by atoms with Crippen LogP contribution >= 0.6 is 15.9 Å². The third-order valence-electron chi connectivity index (χ3n) is 20.5. The number of alkyl halides is 1. The molecule has 0 aliphatic carbocycles. The summed E-state index contributed by atoms with van der Waals surface area (Å²) in [5.74, 6) is 2.66. The maximum Gasteiger partial charge on any atom is 0.337 e. The van der Waals surface area contributed by atoms with E-state index in [9.17, 15) is 34.2 Å². The van der Waals surface area contributed by atoms with Crippen molar-refractivity contribution in [3.63, 3.8) is 0 Å². The second kappa shape index (κ2) is 57.2. The van der Waals surface area contributed by atoms with Crippen molar-refractivity contribution >= 4 is 55.6 Å². The third-order valence-corrected chi connectivity index (χ3v) is 21.0. The van der Waals surface area contributed by atoms with Gasteiger partial charge in [0.25, 0.3) is 5.56 Å². The van der Waals surface area contributed by atoms with Gasteiger partial charge in [0.15, 0.2) is 5.75 Å². The highest BCUT2D eigenvalue weighted by atomic mass is 79.9. The molecule has 0 bridgehead atoms. The van der Waals surface area contributed by atoms with Crippen LogP contribution in [0.25, 0.3) is 16.6 Å². The summed E-state index contributed by atoms with van der Waals surface area (Å²) < 4.78 is 51.9.